The average molecular weight is 292 g/mol. The first kappa shape index (κ1) is 15.9. The summed E-state index contributed by atoms with van der Waals surface area (Å²) < 4.78 is 0. The topological polar surface area (TPSA) is 15.3 Å². The minimum Gasteiger partial charge on any atom is -0.312 e. The SMILES string of the molecule is CCCNC(Cc1ccc(C)cc1)C1CSCCN1C. The fourth-order valence-corrected chi connectivity index (χ4v) is 4.09. The van der Waals surface area contributed by atoms with Gasteiger partial charge >= 0.3 is 0 Å². The Hall–Kier alpha value is -0.510. The highest BCUT2D eigenvalue weighted by Gasteiger charge is 2.27. The summed E-state index contributed by atoms with van der Waals surface area (Å²) in [5.41, 5.74) is 2.80. The number of nitrogens with zero attached hydrogens (tertiary/aromatic N) is 1. The summed E-state index contributed by atoms with van der Waals surface area (Å²) in [5.74, 6) is 2.53. The molecule has 2 atom stereocenters. The van der Waals surface area contributed by atoms with Crippen molar-refractivity contribution >= 4 is 11.8 Å². The average Bonchev–Trinajstić information content (AvgIpc) is 2.46. The first-order valence-electron chi connectivity index (χ1n) is 7.77. The van der Waals surface area contributed by atoms with Crippen molar-refractivity contribution in [3.05, 3.63) is 35.4 Å². The molecule has 0 aliphatic carbocycles. The summed E-state index contributed by atoms with van der Waals surface area (Å²) >= 11 is 2.10. The van der Waals surface area contributed by atoms with Crippen molar-refractivity contribution in [2.75, 3.05) is 31.6 Å². The summed E-state index contributed by atoms with van der Waals surface area (Å²) in [7, 11) is 2.28. The molecular formula is C17H28N2S. The normalized spacial score (nSPS) is 21.9. The molecule has 20 heavy (non-hydrogen) atoms. The zero-order valence-corrected chi connectivity index (χ0v) is 13.9. The minimum atomic E-state index is 0.565. The monoisotopic (exact) mass is 292 g/mol. The van der Waals surface area contributed by atoms with Gasteiger partial charge in [-0.25, -0.2) is 0 Å². The van der Waals surface area contributed by atoms with Crippen molar-refractivity contribution < 1.29 is 0 Å². The molecule has 1 heterocycles. The van der Waals surface area contributed by atoms with Crippen LogP contribution in [0.1, 0.15) is 24.5 Å². The van der Waals surface area contributed by atoms with Gasteiger partial charge in [0.2, 0.25) is 0 Å². The Morgan fingerprint density at radius 1 is 1.35 bits per heavy atom. The molecule has 0 saturated carbocycles. The van der Waals surface area contributed by atoms with Crippen molar-refractivity contribution in [1.29, 1.82) is 0 Å². The summed E-state index contributed by atoms with van der Waals surface area (Å²) in [4.78, 5) is 2.54. The van der Waals surface area contributed by atoms with Crippen LogP contribution in [0.5, 0.6) is 0 Å². The Balaban J connectivity index is 2.03. The van der Waals surface area contributed by atoms with Gasteiger partial charge in [0.25, 0.3) is 0 Å². The van der Waals surface area contributed by atoms with E-state index < -0.39 is 0 Å². The Morgan fingerprint density at radius 2 is 2.10 bits per heavy atom. The van der Waals surface area contributed by atoms with Gasteiger partial charge in [-0.15, -0.1) is 0 Å². The third kappa shape index (κ3) is 4.51. The number of thioether (sulfide) groups is 1. The van der Waals surface area contributed by atoms with E-state index in [1.807, 2.05) is 0 Å². The molecule has 1 aliphatic heterocycles. The molecule has 0 aromatic heterocycles. The van der Waals surface area contributed by atoms with Crippen molar-refractivity contribution in [3.8, 4) is 0 Å². The van der Waals surface area contributed by atoms with Crippen molar-refractivity contribution in [2.45, 2.75) is 38.8 Å². The molecule has 1 aromatic rings. The number of benzene rings is 1. The van der Waals surface area contributed by atoms with Crippen LogP contribution in [-0.4, -0.2) is 48.6 Å². The van der Waals surface area contributed by atoms with Crippen LogP contribution in [0.2, 0.25) is 0 Å². The highest BCUT2D eigenvalue weighted by Crippen LogP contribution is 2.20. The molecule has 2 nitrogen and oxygen atoms in total. The molecule has 0 bridgehead atoms. The number of hydrogen-bond donors (Lipinski definition) is 1. The minimum absolute atomic E-state index is 0.565. The Bertz CT molecular complexity index is 390. The molecule has 1 aliphatic rings. The maximum atomic E-state index is 3.78. The predicted octanol–water partition coefficient (Wildman–Crippen LogP) is 2.95. The van der Waals surface area contributed by atoms with Gasteiger partial charge in [0, 0.05) is 30.1 Å². The van der Waals surface area contributed by atoms with Gasteiger partial charge in [0.05, 0.1) is 0 Å². The van der Waals surface area contributed by atoms with E-state index in [0.717, 1.165) is 13.0 Å². The second kappa shape index (κ2) is 8.06. The zero-order chi connectivity index (χ0) is 14.4. The number of likely N-dealkylation sites (N-methyl/N-ethyl adjacent to an activating group) is 1. The molecule has 1 N–H and O–H groups in total. The van der Waals surface area contributed by atoms with Gasteiger partial charge in [-0.1, -0.05) is 36.8 Å². The largest absolute Gasteiger partial charge is 0.312 e. The molecule has 0 amide bonds. The molecule has 112 valence electrons. The molecule has 3 heteroatoms. The first-order valence-corrected chi connectivity index (χ1v) is 8.93. The van der Waals surface area contributed by atoms with Crippen LogP contribution >= 0.6 is 11.8 Å². The van der Waals surface area contributed by atoms with Crippen LogP contribution in [0, 0.1) is 6.92 Å². The van der Waals surface area contributed by atoms with Gasteiger partial charge < -0.3 is 10.2 Å². The number of nitrogens with one attached hydrogen (secondary N) is 1. The van der Waals surface area contributed by atoms with Gasteiger partial charge in [-0.3, -0.25) is 0 Å². The predicted molar refractivity (Wildman–Crippen MR) is 90.7 cm³/mol. The smallest absolute Gasteiger partial charge is 0.0340 e. The van der Waals surface area contributed by atoms with E-state index in [-0.39, 0.29) is 0 Å². The summed E-state index contributed by atoms with van der Waals surface area (Å²) in [5, 5.41) is 3.78. The maximum absolute atomic E-state index is 3.78. The maximum Gasteiger partial charge on any atom is 0.0340 e. The second-order valence-corrected chi connectivity index (χ2v) is 7.02. The molecule has 1 fully saturated rings. The van der Waals surface area contributed by atoms with Crippen LogP contribution in [0.3, 0.4) is 0 Å². The van der Waals surface area contributed by atoms with E-state index in [1.54, 1.807) is 0 Å². The third-order valence-corrected chi connectivity index (χ3v) is 5.19. The first-order chi connectivity index (χ1) is 9.70. The van der Waals surface area contributed by atoms with Crippen molar-refractivity contribution in [2.24, 2.45) is 0 Å². The van der Waals surface area contributed by atoms with Crippen molar-refractivity contribution in [3.63, 3.8) is 0 Å². The highest BCUT2D eigenvalue weighted by atomic mass is 32.2. The second-order valence-electron chi connectivity index (χ2n) is 5.87. The molecular weight excluding hydrogens is 264 g/mol. The van der Waals surface area contributed by atoms with E-state index >= 15 is 0 Å². The van der Waals surface area contributed by atoms with E-state index in [2.05, 4.69) is 67.1 Å². The van der Waals surface area contributed by atoms with E-state index in [9.17, 15) is 0 Å². The van der Waals surface area contributed by atoms with Gasteiger partial charge in [-0.05, 0) is 38.9 Å². The highest BCUT2D eigenvalue weighted by molar-refractivity contribution is 7.99. The Labute approximate surface area is 128 Å². The van der Waals surface area contributed by atoms with Gasteiger partial charge in [-0.2, -0.15) is 11.8 Å². The van der Waals surface area contributed by atoms with Crippen LogP contribution in [0.4, 0.5) is 0 Å². The molecule has 1 saturated heterocycles. The molecule has 2 rings (SSSR count). The van der Waals surface area contributed by atoms with Gasteiger partial charge in [0.1, 0.15) is 0 Å². The number of rotatable bonds is 6. The van der Waals surface area contributed by atoms with Crippen LogP contribution in [-0.2, 0) is 6.42 Å². The lowest BCUT2D eigenvalue weighted by Gasteiger charge is -2.38. The van der Waals surface area contributed by atoms with Crippen LogP contribution in [0.25, 0.3) is 0 Å². The Morgan fingerprint density at radius 3 is 2.75 bits per heavy atom. The zero-order valence-electron chi connectivity index (χ0n) is 13.1. The lowest BCUT2D eigenvalue weighted by molar-refractivity contribution is 0.213. The molecule has 2 unspecified atom stereocenters. The van der Waals surface area contributed by atoms with E-state index in [4.69, 9.17) is 0 Å². The summed E-state index contributed by atoms with van der Waals surface area (Å²) in [6, 6.07) is 10.2. The van der Waals surface area contributed by atoms with Crippen LogP contribution < -0.4 is 5.32 Å². The number of aryl methyl sites for hydroxylation is 1. The fourth-order valence-electron chi connectivity index (χ4n) is 2.78. The van der Waals surface area contributed by atoms with Crippen LogP contribution in [0.15, 0.2) is 24.3 Å². The summed E-state index contributed by atoms with van der Waals surface area (Å²) in [6.45, 7) is 6.73. The lowest BCUT2D eigenvalue weighted by Crippen LogP contribution is -2.53. The Kier molecular flexibility index (Phi) is 6.40. The molecule has 0 radical (unpaired) electrons. The van der Waals surface area contributed by atoms with E-state index in [1.165, 1.54) is 35.6 Å². The third-order valence-electron chi connectivity index (χ3n) is 4.14. The fraction of sp³-hybridized carbons (Fsp3) is 0.647. The summed E-state index contributed by atoms with van der Waals surface area (Å²) in [6.07, 6.45) is 2.34. The quantitative estimate of drug-likeness (QED) is 0.868. The molecule has 0 spiro atoms. The number of hydrogen-bond acceptors (Lipinski definition) is 3. The molecule has 1 aromatic carbocycles. The standard InChI is InChI=1S/C17H28N2S/c1-4-9-18-16(17-13-20-11-10-19(17)3)12-15-7-5-14(2)6-8-15/h5-8,16-18H,4,9-13H2,1-3H3. The van der Waals surface area contributed by atoms with Gasteiger partial charge in [0.15, 0.2) is 0 Å². The van der Waals surface area contributed by atoms with Crippen molar-refractivity contribution in [1.82, 2.24) is 10.2 Å². The lowest BCUT2D eigenvalue weighted by atomic mass is 9.98. The van der Waals surface area contributed by atoms with E-state index in [0.29, 0.717) is 12.1 Å².